The molecule has 1 saturated heterocycles. The van der Waals surface area contributed by atoms with Gasteiger partial charge in [-0.1, -0.05) is 18.2 Å². The number of hydrogen-bond acceptors (Lipinski definition) is 5. The molecule has 0 aliphatic carbocycles. The third-order valence-corrected chi connectivity index (χ3v) is 4.77. The van der Waals surface area contributed by atoms with Crippen molar-refractivity contribution >= 4 is 26.7 Å². The van der Waals surface area contributed by atoms with E-state index in [4.69, 9.17) is 4.42 Å². The molecule has 0 unspecified atom stereocenters. The van der Waals surface area contributed by atoms with Gasteiger partial charge in [0.15, 0.2) is 15.6 Å². The number of carbonyl (C=O) groups excluding carboxylic acids is 1. The minimum Gasteiger partial charge on any atom is -0.451 e. The van der Waals surface area contributed by atoms with Crippen molar-refractivity contribution in [3.05, 3.63) is 35.6 Å². The first-order chi connectivity index (χ1) is 10.8. The van der Waals surface area contributed by atoms with Gasteiger partial charge in [-0.15, -0.1) is 0 Å². The van der Waals surface area contributed by atoms with Gasteiger partial charge in [0.25, 0.3) is 5.91 Å². The molecule has 1 aliphatic rings. The molecule has 6 nitrogen and oxygen atoms in total. The van der Waals surface area contributed by atoms with Crippen LogP contribution in [0.3, 0.4) is 0 Å². The van der Waals surface area contributed by atoms with Gasteiger partial charge in [0.1, 0.15) is 5.58 Å². The van der Waals surface area contributed by atoms with Crippen LogP contribution in [0.1, 0.15) is 23.0 Å². The van der Waals surface area contributed by atoms with Crippen LogP contribution in [-0.4, -0.2) is 51.2 Å². The summed E-state index contributed by atoms with van der Waals surface area (Å²) in [7, 11) is -3.28. The number of sulfone groups is 1. The first-order valence-corrected chi connectivity index (χ1v) is 9.62. The third-order valence-electron chi connectivity index (χ3n) is 3.96. The number of piperazine rings is 1. The van der Waals surface area contributed by atoms with E-state index in [0.717, 1.165) is 6.26 Å². The zero-order valence-corrected chi connectivity index (χ0v) is 14.0. The van der Waals surface area contributed by atoms with E-state index in [9.17, 15) is 13.2 Å². The van der Waals surface area contributed by atoms with Crippen LogP contribution >= 0.6 is 0 Å². The molecule has 1 N–H and O–H groups in total. The van der Waals surface area contributed by atoms with Crippen molar-refractivity contribution in [2.24, 2.45) is 0 Å². The molecule has 0 saturated carbocycles. The van der Waals surface area contributed by atoms with Crippen LogP contribution in [0.2, 0.25) is 0 Å². The van der Waals surface area contributed by atoms with Crippen molar-refractivity contribution in [1.29, 1.82) is 0 Å². The van der Waals surface area contributed by atoms with E-state index in [1.807, 2.05) is 13.0 Å². The lowest BCUT2D eigenvalue weighted by Gasteiger charge is -2.31. The number of nitrogens with zero attached hydrogens (tertiary/aromatic N) is 1. The lowest BCUT2D eigenvalue weighted by atomic mass is 10.1. The molecule has 0 bridgehead atoms. The van der Waals surface area contributed by atoms with E-state index in [1.54, 1.807) is 23.1 Å². The largest absolute Gasteiger partial charge is 0.451 e. The van der Waals surface area contributed by atoms with Crippen molar-refractivity contribution in [2.75, 3.05) is 25.9 Å². The third kappa shape index (κ3) is 3.40. The second-order valence-corrected chi connectivity index (χ2v) is 8.22. The quantitative estimate of drug-likeness (QED) is 0.917. The fourth-order valence-corrected chi connectivity index (χ4v) is 3.75. The molecule has 23 heavy (non-hydrogen) atoms. The Morgan fingerprint density at radius 2 is 2.13 bits per heavy atom. The predicted molar refractivity (Wildman–Crippen MR) is 88.1 cm³/mol. The van der Waals surface area contributed by atoms with Gasteiger partial charge >= 0.3 is 0 Å². The molecule has 7 heteroatoms. The number of furan rings is 1. The predicted octanol–water partition coefficient (Wildman–Crippen LogP) is 1.41. The maximum Gasteiger partial charge on any atom is 0.290 e. The molecule has 2 heterocycles. The highest BCUT2D eigenvalue weighted by Gasteiger charge is 2.29. The fourth-order valence-electron chi connectivity index (χ4n) is 2.94. The zero-order valence-electron chi connectivity index (χ0n) is 13.2. The maximum atomic E-state index is 12.8. The van der Waals surface area contributed by atoms with E-state index in [0.29, 0.717) is 36.2 Å². The monoisotopic (exact) mass is 336 g/mol. The number of fused-ring (bicyclic) bond motifs is 1. The lowest BCUT2D eigenvalue weighted by Crippen LogP contribution is -2.51. The summed E-state index contributed by atoms with van der Waals surface area (Å²) < 4.78 is 29.3. The van der Waals surface area contributed by atoms with E-state index in [-0.39, 0.29) is 23.5 Å². The van der Waals surface area contributed by atoms with Crippen LogP contribution in [0.4, 0.5) is 0 Å². The molecule has 1 atom stereocenters. The minimum atomic E-state index is -3.28. The molecule has 1 aromatic carbocycles. The SMILES string of the molecule is C[C@H]1CN(C(=O)c2oc3ccccc3c2CS(C)(=O)=O)CCN1. The Bertz CT molecular complexity index is 841. The van der Waals surface area contributed by atoms with E-state index >= 15 is 0 Å². The highest BCUT2D eigenvalue weighted by Crippen LogP contribution is 2.28. The Kier molecular flexibility index (Phi) is 4.16. The molecule has 3 rings (SSSR count). The van der Waals surface area contributed by atoms with Crippen LogP contribution in [0, 0.1) is 0 Å². The Morgan fingerprint density at radius 1 is 1.39 bits per heavy atom. The summed E-state index contributed by atoms with van der Waals surface area (Å²) in [5.74, 6) is -0.300. The summed E-state index contributed by atoms with van der Waals surface area (Å²) in [6, 6.07) is 7.35. The summed E-state index contributed by atoms with van der Waals surface area (Å²) in [6.07, 6.45) is 1.16. The fraction of sp³-hybridized carbons (Fsp3) is 0.438. The van der Waals surface area contributed by atoms with Gasteiger partial charge in [-0.05, 0) is 13.0 Å². The normalized spacial score (nSPS) is 19.2. The lowest BCUT2D eigenvalue weighted by molar-refractivity contribution is 0.0678. The molecule has 124 valence electrons. The van der Waals surface area contributed by atoms with Crippen LogP contribution in [0.25, 0.3) is 11.0 Å². The topological polar surface area (TPSA) is 79.6 Å². The second-order valence-electron chi connectivity index (χ2n) is 6.08. The molecule has 1 aliphatic heterocycles. The average molecular weight is 336 g/mol. The van der Waals surface area contributed by atoms with Gasteiger partial charge in [0, 0.05) is 42.9 Å². The molecule has 0 spiro atoms. The van der Waals surface area contributed by atoms with Crippen molar-refractivity contribution in [1.82, 2.24) is 10.2 Å². The number of nitrogens with one attached hydrogen (secondary N) is 1. The van der Waals surface area contributed by atoms with Gasteiger partial charge in [-0.3, -0.25) is 4.79 Å². The number of amides is 1. The Labute approximate surface area is 135 Å². The number of benzene rings is 1. The molecular formula is C16H20N2O4S. The standard InChI is InChI=1S/C16H20N2O4S/c1-11-9-18(8-7-17-11)16(19)15-13(10-23(2,20)21)12-5-3-4-6-14(12)22-15/h3-6,11,17H,7-10H2,1-2H3/t11-/m0/s1. The van der Waals surface area contributed by atoms with Crippen LogP contribution in [-0.2, 0) is 15.6 Å². The first kappa shape index (κ1) is 16.0. The Balaban J connectivity index is 2.05. The van der Waals surface area contributed by atoms with Gasteiger partial charge in [-0.25, -0.2) is 8.42 Å². The number of para-hydroxylation sites is 1. The van der Waals surface area contributed by atoms with Crippen molar-refractivity contribution in [3.8, 4) is 0 Å². The van der Waals surface area contributed by atoms with Crippen molar-refractivity contribution < 1.29 is 17.6 Å². The van der Waals surface area contributed by atoms with Gasteiger partial charge in [0.05, 0.1) is 5.75 Å². The summed E-state index contributed by atoms with van der Waals surface area (Å²) >= 11 is 0. The van der Waals surface area contributed by atoms with Gasteiger partial charge < -0.3 is 14.6 Å². The Morgan fingerprint density at radius 3 is 2.83 bits per heavy atom. The average Bonchev–Trinajstić information content (AvgIpc) is 2.83. The molecule has 1 fully saturated rings. The number of rotatable bonds is 3. The van der Waals surface area contributed by atoms with Crippen molar-refractivity contribution in [3.63, 3.8) is 0 Å². The highest BCUT2D eigenvalue weighted by molar-refractivity contribution is 7.89. The van der Waals surface area contributed by atoms with Gasteiger partial charge in [0.2, 0.25) is 0 Å². The molecule has 1 aromatic heterocycles. The number of hydrogen-bond donors (Lipinski definition) is 1. The maximum absolute atomic E-state index is 12.8. The number of carbonyl (C=O) groups is 1. The minimum absolute atomic E-state index is 0.144. The van der Waals surface area contributed by atoms with Gasteiger partial charge in [-0.2, -0.15) is 0 Å². The molecule has 1 amide bonds. The molecular weight excluding hydrogens is 316 g/mol. The van der Waals surface area contributed by atoms with E-state index in [1.165, 1.54) is 0 Å². The zero-order chi connectivity index (χ0) is 16.6. The summed E-state index contributed by atoms with van der Waals surface area (Å²) in [4.78, 5) is 14.5. The van der Waals surface area contributed by atoms with E-state index < -0.39 is 9.84 Å². The molecule has 0 radical (unpaired) electrons. The molecule has 2 aromatic rings. The van der Waals surface area contributed by atoms with Crippen molar-refractivity contribution in [2.45, 2.75) is 18.7 Å². The summed E-state index contributed by atoms with van der Waals surface area (Å²) in [6.45, 7) is 3.89. The Hall–Kier alpha value is -1.86. The van der Waals surface area contributed by atoms with Crippen LogP contribution < -0.4 is 5.32 Å². The van der Waals surface area contributed by atoms with Crippen LogP contribution in [0.15, 0.2) is 28.7 Å². The first-order valence-electron chi connectivity index (χ1n) is 7.56. The smallest absolute Gasteiger partial charge is 0.290 e. The summed E-state index contributed by atoms with van der Waals surface area (Å²) in [5, 5.41) is 3.96. The second kappa shape index (κ2) is 5.98. The van der Waals surface area contributed by atoms with Crippen LogP contribution in [0.5, 0.6) is 0 Å². The summed E-state index contributed by atoms with van der Waals surface area (Å²) in [5.41, 5.74) is 0.997. The highest BCUT2D eigenvalue weighted by atomic mass is 32.2. The van der Waals surface area contributed by atoms with E-state index in [2.05, 4.69) is 5.32 Å².